The number of esters is 1. The molecule has 0 aliphatic carbocycles. The number of piperidine rings is 1. The van der Waals surface area contributed by atoms with E-state index >= 15 is 0 Å². The molecule has 2 aromatic rings. The molecule has 226 valence electrons. The summed E-state index contributed by atoms with van der Waals surface area (Å²) in [5.74, 6) is 2.09. The van der Waals surface area contributed by atoms with Crippen LogP contribution in [0, 0.1) is 19.3 Å². The van der Waals surface area contributed by atoms with Crippen LogP contribution in [0.15, 0.2) is 40.1 Å². The van der Waals surface area contributed by atoms with Crippen LogP contribution >= 0.6 is 0 Å². The number of aromatic amines is 1. The van der Waals surface area contributed by atoms with Crippen LogP contribution in [0.1, 0.15) is 55.5 Å². The van der Waals surface area contributed by atoms with Crippen molar-refractivity contribution in [2.75, 3.05) is 32.8 Å². The van der Waals surface area contributed by atoms with Crippen molar-refractivity contribution in [3.05, 3.63) is 68.0 Å². The summed E-state index contributed by atoms with van der Waals surface area (Å²) < 4.78 is 23.1. The number of rotatable bonds is 11. The molecule has 4 atom stereocenters. The second-order valence-electron chi connectivity index (χ2n) is 10.6. The van der Waals surface area contributed by atoms with Crippen molar-refractivity contribution in [2.45, 2.75) is 70.6 Å². The first-order valence-electron chi connectivity index (χ1n) is 14.2. The van der Waals surface area contributed by atoms with Crippen LogP contribution in [-0.2, 0) is 30.3 Å². The molecule has 12 heteroatoms. The lowest BCUT2D eigenvalue weighted by atomic mass is 10.0. The Balaban J connectivity index is 1.30. The summed E-state index contributed by atoms with van der Waals surface area (Å²) in [6.07, 6.45) is 7.15. The molecule has 4 unspecified atom stereocenters. The van der Waals surface area contributed by atoms with Gasteiger partial charge in [0.2, 0.25) is 0 Å². The fourth-order valence-corrected chi connectivity index (χ4v) is 5.20. The molecule has 0 saturated carbocycles. The van der Waals surface area contributed by atoms with Gasteiger partial charge in [-0.3, -0.25) is 24.0 Å². The van der Waals surface area contributed by atoms with Gasteiger partial charge in [0.05, 0.1) is 0 Å². The lowest BCUT2D eigenvalue weighted by Crippen LogP contribution is -2.44. The lowest BCUT2D eigenvalue weighted by molar-refractivity contribution is -0.150. The summed E-state index contributed by atoms with van der Waals surface area (Å²) >= 11 is 0. The average molecular weight is 583 g/mol. The van der Waals surface area contributed by atoms with Crippen molar-refractivity contribution >= 4 is 12.1 Å². The molecule has 0 bridgehead atoms. The first-order valence-corrected chi connectivity index (χ1v) is 14.2. The highest BCUT2D eigenvalue weighted by molar-refractivity contribution is 5.66. The molecule has 2 N–H and O–H groups in total. The zero-order valence-electron chi connectivity index (χ0n) is 24.0. The quantitative estimate of drug-likeness (QED) is 0.298. The summed E-state index contributed by atoms with van der Waals surface area (Å²) in [5.41, 5.74) is 1.10. The zero-order valence-corrected chi connectivity index (χ0v) is 24.0. The summed E-state index contributed by atoms with van der Waals surface area (Å²) in [5, 5.41) is 3.56. The Kier molecular flexibility index (Phi) is 10.9. The van der Waals surface area contributed by atoms with E-state index in [1.165, 1.54) is 30.5 Å². The molecule has 1 aromatic carbocycles. The number of carbonyl (C=O) groups excluding carboxylic acids is 2. The molecular formula is C30H38N4O8. The van der Waals surface area contributed by atoms with Crippen molar-refractivity contribution < 1.29 is 28.5 Å². The van der Waals surface area contributed by atoms with Gasteiger partial charge in [0.15, 0.2) is 0 Å². The molecule has 2 aliphatic heterocycles. The van der Waals surface area contributed by atoms with Crippen molar-refractivity contribution in [1.29, 1.82) is 0 Å². The molecule has 3 heterocycles. The van der Waals surface area contributed by atoms with E-state index in [1.54, 1.807) is 6.92 Å². The monoisotopic (exact) mass is 582 g/mol. The summed E-state index contributed by atoms with van der Waals surface area (Å²) in [7, 11) is 0. The summed E-state index contributed by atoms with van der Waals surface area (Å²) in [6, 6.07) is 8.19. The number of terminal acetylenes is 1. The molecule has 2 saturated heterocycles. The van der Waals surface area contributed by atoms with E-state index in [4.69, 9.17) is 25.4 Å². The predicted octanol–water partition coefficient (Wildman–Crippen LogP) is 1.84. The predicted molar refractivity (Wildman–Crippen MR) is 153 cm³/mol. The average Bonchev–Trinajstić information content (AvgIpc) is 3.36. The Bertz CT molecular complexity index is 1370. The van der Waals surface area contributed by atoms with Crippen molar-refractivity contribution in [2.24, 2.45) is 0 Å². The third-order valence-electron chi connectivity index (χ3n) is 7.36. The number of carbonyl (C=O) groups is 2. The largest absolute Gasteiger partial charge is 0.508 e. The number of H-pyrrole nitrogens is 1. The molecular weight excluding hydrogens is 544 g/mol. The Hall–Kier alpha value is -3.92. The molecule has 4 rings (SSSR count). The number of nitrogens with zero attached hydrogens (tertiary/aromatic N) is 2. The van der Waals surface area contributed by atoms with E-state index in [0.29, 0.717) is 24.7 Å². The number of hydrogen-bond donors (Lipinski definition) is 2. The molecule has 1 aromatic heterocycles. The van der Waals surface area contributed by atoms with E-state index in [2.05, 4.69) is 21.1 Å². The Morgan fingerprint density at radius 2 is 1.98 bits per heavy atom. The third-order valence-corrected chi connectivity index (χ3v) is 7.36. The van der Waals surface area contributed by atoms with E-state index < -0.39 is 41.8 Å². The van der Waals surface area contributed by atoms with Gasteiger partial charge >= 0.3 is 17.8 Å². The molecule has 0 spiro atoms. The van der Waals surface area contributed by atoms with Gasteiger partial charge in [0.1, 0.15) is 31.6 Å². The fourth-order valence-electron chi connectivity index (χ4n) is 5.20. The SMILES string of the molecule is C#Cc1ccc(CN(CCOC(=O)OCC2OC(n3cc(C)c(=O)[nH]c3=O)CC2OC(C)=O)CC2CCCCN2)cc1. The summed E-state index contributed by atoms with van der Waals surface area (Å²) in [4.78, 5) is 52.6. The highest BCUT2D eigenvalue weighted by Gasteiger charge is 2.40. The maximum atomic E-state index is 12.5. The van der Waals surface area contributed by atoms with Crippen LogP contribution in [0.2, 0.25) is 0 Å². The lowest BCUT2D eigenvalue weighted by Gasteiger charge is -2.30. The van der Waals surface area contributed by atoms with Gasteiger partial charge in [-0.1, -0.05) is 24.5 Å². The van der Waals surface area contributed by atoms with Gasteiger partial charge in [-0.05, 0) is 44.0 Å². The minimum atomic E-state index is -0.880. The van der Waals surface area contributed by atoms with Crippen molar-refractivity contribution in [1.82, 2.24) is 19.8 Å². The fraction of sp³-hybridized carbons (Fsp3) is 0.533. The van der Waals surface area contributed by atoms with E-state index in [1.807, 2.05) is 24.3 Å². The number of nitrogens with one attached hydrogen (secondary N) is 2. The van der Waals surface area contributed by atoms with E-state index in [-0.39, 0.29) is 19.6 Å². The van der Waals surface area contributed by atoms with Crippen LogP contribution in [0.25, 0.3) is 0 Å². The molecule has 42 heavy (non-hydrogen) atoms. The van der Waals surface area contributed by atoms with Gasteiger partial charge in [-0.2, -0.15) is 0 Å². The van der Waals surface area contributed by atoms with Crippen LogP contribution < -0.4 is 16.6 Å². The highest BCUT2D eigenvalue weighted by atomic mass is 16.7. The van der Waals surface area contributed by atoms with E-state index in [0.717, 1.165) is 30.6 Å². The van der Waals surface area contributed by atoms with Crippen LogP contribution in [-0.4, -0.2) is 77.7 Å². The van der Waals surface area contributed by atoms with Crippen LogP contribution in [0.3, 0.4) is 0 Å². The number of hydrogen-bond acceptors (Lipinski definition) is 10. The van der Waals surface area contributed by atoms with E-state index in [9.17, 15) is 19.2 Å². The van der Waals surface area contributed by atoms with Crippen LogP contribution in [0.4, 0.5) is 4.79 Å². The Morgan fingerprint density at radius 3 is 2.67 bits per heavy atom. The highest BCUT2D eigenvalue weighted by Crippen LogP contribution is 2.30. The third kappa shape index (κ3) is 8.79. The van der Waals surface area contributed by atoms with Crippen LogP contribution in [0.5, 0.6) is 0 Å². The first kappa shape index (κ1) is 31.0. The summed E-state index contributed by atoms with van der Waals surface area (Å²) in [6.45, 7) is 5.65. The molecule has 2 fully saturated rings. The van der Waals surface area contributed by atoms with Gasteiger partial charge in [-0.15, -0.1) is 6.42 Å². The van der Waals surface area contributed by atoms with Gasteiger partial charge < -0.3 is 24.3 Å². The van der Waals surface area contributed by atoms with Gasteiger partial charge in [-0.25, -0.2) is 9.59 Å². The minimum Gasteiger partial charge on any atom is -0.459 e. The molecule has 12 nitrogen and oxygen atoms in total. The smallest absolute Gasteiger partial charge is 0.459 e. The Labute approximate surface area is 244 Å². The van der Waals surface area contributed by atoms with Gasteiger partial charge in [0, 0.05) is 56.3 Å². The van der Waals surface area contributed by atoms with Gasteiger partial charge in [0.25, 0.3) is 5.56 Å². The zero-order chi connectivity index (χ0) is 30.1. The van der Waals surface area contributed by atoms with Crippen molar-refractivity contribution in [3.63, 3.8) is 0 Å². The first-order chi connectivity index (χ1) is 20.2. The normalized spacial score (nSPS) is 22.0. The standard InChI is InChI=1S/C30H38N4O8/c1-4-22-8-10-23(11-9-22)17-33(18-24-7-5-6-12-31-24)13-14-39-30(38)40-19-26-25(41-21(3)35)15-27(42-26)34-16-20(2)28(36)32-29(34)37/h1,8-11,16,24-27,31H,5-7,12-15,17-19H2,2-3H3,(H,32,36,37). The number of aromatic nitrogens is 2. The second kappa shape index (κ2) is 14.8. The Morgan fingerprint density at radius 1 is 1.19 bits per heavy atom. The number of aryl methyl sites for hydroxylation is 1. The maximum absolute atomic E-state index is 12.5. The number of benzene rings is 1. The molecule has 0 radical (unpaired) electrons. The number of ether oxygens (including phenoxy) is 4. The maximum Gasteiger partial charge on any atom is 0.508 e. The topological polar surface area (TPSA) is 141 Å². The van der Waals surface area contributed by atoms with Crippen molar-refractivity contribution in [3.8, 4) is 12.3 Å². The molecule has 2 aliphatic rings. The second-order valence-corrected chi connectivity index (χ2v) is 10.6. The molecule has 0 amide bonds. The minimum absolute atomic E-state index is 0.113.